The van der Waals surface area contributed by atoms with Crippen LogP contribution in [-0.4, -0.2) is 18.2 Å². The van der Waals surface area contributed by atoms with Crippen LogP contribution in [0.4, 0.5) is 0 Å². The largest absolute Gasteiger partial charge is 0.486 e. The van der Waals surface area contributed by atoms with Crippen molar-refractivity contribution in [2.45, 2.75) is 6.61 Å². The van der Waals surface area contributed by atoms with Crippen molar-refractivity contribution in [2.24, 2.45) is 0 Å². The highest BCUT2D eigenvalue weighted by atomic mass is 35.5. The van der Waals surface area contributed by atoms with Crippen LogP contribution in [-0.2, 0) is 6.61 Å². The molecule has 2 aromatic rings. The van der Waals surface area contributed by atoms with Gasteiger partial charge >= 0.3 is 5.97 Å². The fourth-order valence-corrected chi connectivity index (χ4v) is 2.70. The van der Waals surface area contributed by atoms with Crippen LogP contribution in [0.15, 0.2) is 30.3 Å². The maximum Gasteiger partial charge on any atom is 0.349 e. The quantitative estimate of drug-likeness (QED) is 0.914. The number of hydrogen-bond acceptors (Lipinski definition) is 4. The average molecular weight is 299 g/mol. The molecule has 0 unspecified atom stereocenters. The van der Waals surface area contributed by atoms with Gasteiger partial charge in [-0.2, -0.15) is 0 Å². The Bertz CT molecular complexity index is 580. The summed E-state index contributed by atoms with van der Waals surface area (Å²) in [6, 6.07) is 9.43. The SMILES string of the molecule is COc1sc(C(=O)O)c(OCc2ccccc2)c1Cl. The van der Waals surface area contributed by atoms with Crippen LogP contribution >= 0.6 is 22.9 Å². The van der Waals surface area contributed by atoms with Crippen LogP contribution in [0.5, 0.6) is 10.8 Å². The molecule has 0 aliphatic heterocycles. The minimum Gasteiger partial charge on any atom is -0.486 e. The van der Waals surface area contributed by atoms with Gasteiger partial charge in [-0.15, -0.1) is 0 Å². The zero-order chi connectivity index (χ0) is 13.8. The molecule has 0 spiro atoms. The van der Waals surface area contributed by atoms with Gasteiger partial charge in [0.15, 0.2) is 15.7 Å². The molecule has 0 aliphatic rings. The standard InChI is InChI=1S/C13H11ClO4S/c1-17-13-9(14)10(11(19-13)12(15)16)18-7-8-5-3-2-4-6-8/h2-6H,7H2,1H3,(H,15,16). The number of rotatable bonds is 5. The van der Waals surface area contributed by atoms with Crippen LogP contribution in [0.3, 0.4) is 0 Å². The zero-order valence-electron chi connectivity index (χ0n) is 10.1. The van der Waals surface area contributed by atoms with E-state index < -0.39 is 5.97 Å². The third-order valence-electron chi connectivity index (χ3n) is 2.39. The summed E-state index contributed by atoms with van der Waals surface area (Å²) >= 11 is 6.99. The van der Waals surface area contributed by atoms with Crippen LogP contribution in [0.25, 0.3) is 0 Å². The monoisotopic (exact) mass is 298 g/mol. The highest BCUT2D eigenvalue weighted by Gasteiger charge is 2.23. The summed E-state index contributed by atoms with van der Waals surface area (Å²) in [7, 11) is 1.43. The summed E-state index contributed by atoms with van der Waals surface area (Å²) < 4.78 is 10.5. The van der Waals surface area contributed by atoms with Gasteiger partial charge in [-0.05, 0) is 5.56 Å². The first-order valence-electron chi connectivity index (χ1n) is 5.39. The Morgan fingerprint density at radius 2 is 2.05 bits per heavy atom. The lowest BCUT2D eigenvalue weighted by Crippen LogP contribution is -2.00. The minimum absolute atomic E-state index is 0.0396. The first kappa shape index (κ1) is 13.7. The molecule has 1 aromatic heterocycles. The average Bonchev–Trinajstić information content (AvgIpc) is 2.74. The molecule has 4 nitrogen and oxygen atoms in total. The number of aromatic carboxylic acids is 1. The molecule has 1 heterocycles. The predicted molar refractivity (Wildman–Crippen MR) is 73.6 cm³/mol. The van der Waals surface area contributed by atoms with E-state index in [4.69, 9.17) is 26.2 Å². The summed E-state index contributed by atoms with van der Waals surface area (Å²) in [6.07, 6.45) is 0. The summed E-state index contributed by atoms with van der Waals surface area (Å²) in [6.45, 7) is 0.251. The maximum atomic E-state index is 11.1. The van der Waals surface area contributed by atoms with Gasteiger partial charge in [0.1, 0.15) is 11.6 Å². The third-order valence-corrected chi connectivity index (χ3v) is 3.96. The Balaban J connectivity index is 2.24. The summed E-state index contributed by atoms with van der Waals surface area (Å²) in [4.78, 5) is 11.2. The Labute approximate surface area is 119 Å². The van der Waals surface area contributed by atoms with E-state index in [9.17, 15) is 4.79 Å². The van der Waals surface area contributed by atoms with Crippen LogP contribution in [0.1, 0.15) is 15.2 Å². The molecule has 19 heavy (non-hydrogen) atoms. The molecule has 0 bridgehead atoms. The number of ether oxygens (including phenoxy) is 2. The lowest BCUT2D eigenvalue weighted by Gasteiger charge is -2.06. The number of hydrogen-bond donors (Lipinski definition) is 1. The fourth-order valence-electron chi connectivity index (χ4n) is 1.51. The lowest BCUT2D eigenvalue weighted by atomic mass is 10.2. The van der Waals surface area contributed by atoms with E-state index in [2.05, 4.69) is 0 Å². The van der Waals surface area contributed by atoms with Crippen molar-refractivity contribution in [3.05, 3.63) is 45.8 Å². The molecule has 0 aliphatic carbocycles. The summed E-state index contributed by atoms with van der Waals surface area (Å²) in [5, 5.41) is 9.64. The summed E-state index contributed by atoms with van der Waals surface area (Å²) in [5.41, 5.74) is 0.931. The van der Waals surface area contributed by atoms with E-state index >= 15 is 0 Å². The van der Waals surface area contributed by atoms with Crippen LogP contribution in [0.2, 0.25) is 5.02 Å². The van der Waals surface area contributed by atoms with Crippen molar-refractivity contribution in [3.8, 4) is 10.8 Å². The molecule has 6 heteroatoms. The molecule has 0 saturated heterocycles. The predicted octanol–water partition coefficient (Wildman–Crippen LogP) is 3.69. The number of carboxylic acid groups (broad SMARTS) is 1. The number of halogens is 1. The molecule has 2 rings (SSSR count). The van der Waals surface area contributed by atoms with Gasteiger partial charge in [0.2, 0.25) is 0 Å². The topological polar surface area (TPSA) is 55.8 Å². The van der Waals surface area contributed by atoms with Crippen molar-refractivity contribution in [1.82, 2.24) is 0 Å². The molecule has 1 aromatic carbocycles. The number of methoxy groups -OCH3 is 1. The molecule has 0 atom stereocenters. The molecule has 0 radical (unpaired) electrons. The van der Waals surface area contributed by atoms with E-state index in [-0.39, 0.29) is 22.3 Å². The molecule has 0 fully saturated rings. The molecular weight excluding hydrogens is 288 g/mol. The van der Waals surface area contributed by atoms with E-state index in [1.165, 1.54) is 7.11 Å². The molecule has 0 saturated carbocycles. The molecule has 1 N–H and O–H groups in total. The highest BCUT2D eigenvalue weighted by Crippen LogP contribution is 2.45. The van der Waals surface area contributed by atoms with Crippen molar-refractivity contribution in [1.29, 1.82) is 0 Å². The fraction of sp³-hybridized carbons (Fsp3) is 0.154. The van der Waals surface area contributed by atoms with Crippen molar-refractivity contribution >= 4 is 28.9 Å². The second-order valence-electron chi connectivity index (χ2n) is 3.65. The number of carboxylic acids is 1. The van der Waals surface area contributed by atoms with Gasteiger partial charge in [0.05, 0.1) is 7.11 Å². The minimum atomic E-state index is -1.08. The van der Waals surface area contributed by atoms with Crippen molar-refractivity contribution in [2.75, 3.05) is 7.11 Å². The van der Waals surface area contributed by atoms with Crippen LogP contribution in [0, 0.1) is 0 Å². The maximum absolute atomic E-state index is 11.1. The first-order chi connectivity index (χ1) is 9.13. The van der Waals surface area contributed by atoms with E-state index in [0.717, 1.165) is 16.9 Å². The van der Waals surface area contributed by atoms with E-state index in [1.807, 2.05) is 30.3 Å². The first-order valence-corrected chi connectivity index (χ1v) is 6.59. The van der Waals surface area contributed by atoms with Crippen molar-refractivity contribution < 1.29 is 19.4 Å². The van der Waals surface area contributed by atoms with Crippen molar-refractivity contribution in [3.63, 3.8) is 0 Å². The Morgan fingerprint density at radius 3 is 2.63 bits per heavy atom. The number of thiophene rings is 1. The van der Waals surface area contributed by atoms with Crippen LogP contribution < -0.4 is 9.47 Å². The molecule has 100 valence electrons. The number of carbonyl (C=O) groups is 1. The molecular formula is C13H11ClO4S. The second-order valence-corrected chi connectivity index (χ2v) is 5.01. The van der Waals surface area contributed by atoms with Gasteiger partial charge in [-0.1, -0.05) is 53.3 Å². The Hall–Kier alpha value is -1.72. The van der Waals surface area contributed by atoms with E-state index in [1.54, 1.807) is 0 Å². The highest BCUT2D eigenvalue weighted by molar-refractivity contribution is 7.16. The Kier molecular flexibility index (Phi) is 4.29. The lowest BCUT2D eigenvalue weighted by molar-refractivity contribution is 0.0697. The second kappa shape index (κ2) is 5.95. The zero-order valence-corrected chi connectivity index (χ0v) is 11.6. The van der Waals surface area contributed by atoms with E-state index in [0.29, 0.717) is 5.06 Å². The van der Waals surface area contributed by atoms with Gasteiger partial charge in [0.25, 0.3) is 0 Å². The van der Waals surface area contributed by atoms with Gasteiger partial charge in [-0.25, -0.2) is 4.79 Å². The number of benzene rings is 1. The van der Waals surface area contributed by atoms with Gasteiger partial charge in [0, 0.05) is 0 Å². The normalized spacial score (nSPS) is 10.2. The smallest absolute Gasteiger partial charge is 0.349 e. The van der Waals surface area contributed by atoms with Gasteiger partial charge in [-0.3, -0.25) is 0 Å². The third kappa shape index (κ3) is 3.00. The summed E-state index contributed by atoms with van der Waals surface area (Å²) in [5.74, 6) is -0.932. The van der Waals surface area contributed by atoms with Gasteiger partial charge < -0.3 is 14.6 Å². The molecule has 0 amide bonds. The Morgan fingerprint density at radius 1 is 1.37 bits per heavy atom.